The summed E-state index contributed by atoms with van der Waals surface area (Å²) in [5.74, 6) is -0.128. The first-order valence-electron chi connectivity index (χ1n) is 5.19. The zero-order valence-electron chi connectivity index (χ0n) is 9.51. The van der Waals surface area contributed by atoms with Gasteiger partial charge in [-0.25, -0.2) is 0 Å². The predicted molar refractivity (Wildman–Crippen MR) is 57.3 cm³/mol. The van der Waals surface area contributed by atoms with Gasteiger partial charge in [-0.2, -0.15) is 0 Å². The molecular formula is C10H22N2O2. The summed E-state index contributed by atoms with van der Waals surface area (Å²) >= 11 is 0. The van der Waals surface area contributed by atoms with Crippen LogP contribution in [0.4, 0.5) is 0 Å². The highest BCUT2D eigenvalue weighted by atomic mass is 16.5. The van der Waals surface area contributed by atoms with Crippen LogP contribution >= 0.6 is 0 Å². The molecule has 14 heavy (non-hydrogen) atoms. The summed E-state index contributed by atoms with van der Waals surface area (Å²) in [6.45, 7) is 4.76. The Morgan fingerprint density at radius 2 is 2.21 bits per heavy atom. The Morgan fingerprint density at radius 1 is 1.50 bits per heavy atom. The van der Waals surface area contributed by atoms with Crippen LogP contribution in [0.1, 0.15) is 19.8 Å². The number of nitrogens with one attached hydrogen (secondary N) is 1. The molecule has 0 aromatic heterocycles. The average molecular weight is 202 g/mol. The van der Waals surface area contributed by atoms with Gasteiger partial charge in [-0.05, 0) is 20.5 Å². The van der Waals surface area contributed by atoms with E-state index in [1.54, 1.807) is 0 Å². The van der Waals surface area contributed by atoms with Gasteiger partial charge in [0.15, 0.2) is 0 Å². The fourth-order valence-electron chi connectivity index (χ4n) is 0.978. The minimum absolute atomic E-state index is 0.128. The summed E-state index contributed by atoms with van der Waals surface area (Å²) < 4.78 is 5.03. The second kappa shape index (κ2) is 8.97. The van der Waals surface area contributed by atoms with Crippen molar-refractivity contribution >= 4 is 5.97 Å². The van der Waals surface area contributed by atoms with Crippen molar-refractivity contribution in [3.8, 4) is 0 Å². The van der Waals surface area contributed by atoms with Crippen molar-refractivity contribution in [2.24, 2.45) is 0 Å². The molecule has 4 nitrogen and oxygen atoms in total. The molecule has 0 aliphatic rings. The van der Waals surface area contributed by atoms with Gasteiger partial charge in [0, 0.05) is 13.1 Å². The molecule has 0 aliphatic carbocycles. The van der Waals surface area contributed by atoms with E-state index in [9.17, 15) is 4.79 Å². The molecule has 84 valence electrons. The molecule has 0 unspecified atom stereocenters. The average Bonchev–Trinajstić information content (AvgIpc) is 2.15. The number of nitrogens with zero attached hydrogens (tertiary/aromatic N) is 1. The standard InChI is InChI=1S/C10H22N2O2/c1-4-5-8-14-10(13)9-12(3)7-6-11-2/h11H,4-9H2,1-3H3. The monoisotopic (exact) mass is 202 g/mol. The largest absolute Gasteiger partial charge is 0.465 e. The van der Waals surface area contributed by atoms with Crippen LogP contribution in [0.2, 0.25) is 0 Å². The van der Waals surface area contributed by atoms with Gasteiger partial charge >= 0.3 is 5.97 Å². The third-order valence-corrected chi connectivity index (χ3v) is 1.90. The number of likely N-dealkylation sites (N-methyl/N-ethyl adjacent to an activating group) is 2. The van der Waals surface area contributed by atoms with Crippen molar-refractivity contribution in [1.29, 1.82) is 0 Å². The Hall–Kier alpha value is -0.610. The first-order valence-corrected chi connectivity index (χ1v) is 5.19. The smallest absolute Gasteiger partial charge is 0.320 e. The van der Waals surface area contributed by atoms with E-state index in [1.165, 1.54) is 0 Å². The van der Waals surface area contributed by atoms with Crippen LogP contribution in [0.3, 0.4) is 0 Å². The summed E-state index contributed by atoms with van der Waals surface area (Å²) in [5, 5.41) is 3.03. The van der Waals surface area contributed by atoms with Crippen LogP contribution in [0, 0.1) is 0 Å². The highest BCUT2D eigenvalue weighted by molar-refractivity contribution is 5.71. The van der Waals surface area contributed by atoms with E-state index < -0.39 is 0 Å². The predicted octanol–water partition coefficient (Wildman–Crippen LogP) is 0.481. The zero-order chi connectivity index (χ0) is 10.8. The second-order valence-electron chi connectivity index (χ2n) is 3.42. The number of carbonyl (C=O) groups excluding carboxylic acids is 1. The van der Waals surface area contributed by atoms with Gasteiger partial charge in [-0.15, -0.1) is 0 Å². The van der Waals surface area contributed by atoms with Crippen molar-refractivity contribution in [1.82, 2.24) is 10.2 Å². The van der Waals surface area contributed by atoms with Crippen LogP contribution in [-0.4, -0.2) is 51.2 Å². The maximum absolute atomic E-state index is 11.2. The van der Waals surface area contributed by atoms with Gasteiger partial charge in [0.2, 0.25) is 0 Å². The Labute approximate surface area is 86.6 Å². The molecule has 0 saturated heterocycles. The molecule has 0 aliphatic heterocycles. The first-order chi connectivity index (χ1) is 6.70. The normalized spacial score (nSPS) is 10.6. The lowest BCUT2D eigenvalue weighted by Crippen LogP contribution is -2.32. The number of hydrogen-bond acceptors (Lipinski definition) is 4. The van der Waals surface area contributed by atoms with Crippen molar-refractivity contribution in [3.63, 3.8) is 0 Å². The van der Waals surface area contributed by atoms with Crippen molar-refractivity contribution in [3.05, 3.63) is 0 Å². The summed E-state index contributed by atoms with van der Waals surface area (Å²) in [7, 11) is 3.81. The summed E-state index contributed by atoms with van der Waals surface area (Å²) in [4.78, 5) is 13.2. The quantitative estimate of drug-likeness (QED) is 0.459. The summed E-state index contributed by atoms with van der Waals surface area (Å²) in [6.07, 6.45) is 2.01. The molecular weight excluding hydrogens is 180 g/mol. The van der Waals surface area contributed by atoms with Crippen LogP contribution < -0.4 is 5.32 Å². The summed E-state index contributed by atoms with van der Waals surface area (Å²) in [5.41, 5.74) is 0. The summed E-state index contributed by atoms with van der Waals surface area (Å²) in [6, 6.07) is 0. The van der Waals surface area contributed by atoms with Gasteiger partial charge in [0.25, 0.3) is 0 Å². The van der Waals surface area contributed by atoms with Gasteiger partial charge < -0.3 is 10.1 Å². The molecule has 0 fully saturated rings. The highest BCUT2D eigenvalue weighted by Crippen LogP contribution is 1.90. The second-order valence-corrected chi connectivity index (χ2v) is 3.42. The molecule has 0 radical (unpaired) electrons. The van der Waals surface area contributed by atoms with Gasteiger partial charge in [-0.3, -0.25) is 9.69 Å². The SMILES string of the molecule is CCCCOC(=O)CN(C)CCNC. The fraction of sp³-hybridized carbons (Fsp3) is 0.900. The number of unbranched alkanes of at least 4 members (excludes halogenated alkanes) is 1. The molecule has 0 atom stereocenters. The number of rotatable bonds is 8. The maximum Gasteiger partial charge on any atom is 0.320 e. The number of hydrogen-bond donors (Lipinski definition) is 1. The van der Waals surface area contributed by atoms with Crippen molar-refractivity contribution in [2.45, 2.75) is 19.8 Å². The third kappa shape index (κ3) is 8.01. The Morgan fingerprint density at radius 3 is 2.79 bits per heavy atom. The van der Waals surface area contributed by atoms with Crippen molar-refractivity contribution in [2.75, 3.05) is 40.3 Å². The molecule has 0 amide bonds. The number of esters is 1. The van der Waals surface area contributed by atoms with E-state index in [2.05, 4.69) is 12.2 Å². The number of ether oxygens (including phenoxy) is 1. The van der Waals surface area contributed by atoms with Crippen LogP contribution in [0.5, 0.6) is 0 Å². The minimum atomic E-state index is -0.128. The molecule has 0 bridgehead atoms. The molecule has 0 spiro atoms. The molecule has 0 aromatic rings. The van der Waals surface area contributed by atoms with E-state index in [1.807, 2.05) is 19.0 Å². The molecule has 0 heterocycles. The maximum atomic E-state index is 11.2. The Bertz CT molecular complexity index is 151. The first kappa shape index (κ1) is 13.4. The van der Waals surface area contributed by atoms with Crippen LogP contribution in [0.15, 0.2) is 0 Å². The van der Waals surface area contributed by atoms with Gasteiger partial charge in [-0.1, -0.05) is 13.3 Å². The zero-order valence-corrected chi connectivity index (χ0v) is 9.51. The molecule has 0 aromatic carbocycles. The molecule has 0 saturated carbocycles. The molecule has 4 heteroatoms. The topological polar surface area (TPSA) is 41.6 Å². The molecule has 0 rings (SSSR count). The van der Waals surface area contributed by atoms with Gasteiger partial charge in [0.05, 0.1) is 13.2 Å². The van der Waals surface area contributed by atoms with E-state index in [0.29, 0.717) is 13.2 Å². The third-order valence-electron chi connectivity index (χ3n) is 1.90. The van der Waals surface area contributed by atoms with Crippen LogP contribution in [-0.2, 0) is 9.53 Å². The molecule has 1 N–H and O–H groups in total. The minimum Gasteiger partial charge on any atom is -0.465 e. The van der Waals surface area contributed by atoms with E-state index in [-0.39, 0.29) is 5.97 Å². The lowest BCUT2D eigenvalue weighted by atomic mass is 10.4. The van der Waals surface area contributed by atoms with Gasteiger partial charge in [0.1, 0.15) is 0 Å². The van der Waals surface area contributed by atoms with Crippen molar-refractivity contribution < 1.29 is 9.53 Å². The highest BCUT2D eigenvalue weighted by Gasteiger charge is 2.06. The van der Waals surface area contributed by atoms with E-state index in [0.717, 1.165) is 25.9 Å². The Kier molecular flexibility index (Phi) is 8.57. The number of carbonyl (C=O) groups is 1. The Balaban J connectivity index is 3.40. The van der Waals surface area contributed by atoms with Crippen LogP contribution in [0.25, 0.3) is 0 Å². The fourth-order valence-corrected chi connectivity index (χ4v) is 0.978. The van der Waals surface area contributed by atoms with E-state index >= 15 is 0 Å². The lowest BCUT2D eigenvalue weighted by Gasteiger charge is -2.15. The van der Waals surface area contributed by atoms with E-state index in [4.69, 9.17) is 4.74 Å². The lowest BCUT2D eigenvalue weighted by molar-refractivity contribution is -0.144.